The predicted octanol–water partition coefficient (Wildman–Crippen LogP) is -2.25. The number of hydrogen-bond donors (Lipinski definition) is 1. The van der Waals surface area contributed by atoms with E-state index in [0.29, 0.717) is 0 Å². The quantitative estimate of drug-likeness (QED) is 0.349. The fraction of sp³-hybridized carbons (Fsp3) is 0.615. The first-order valence-corrected chi connectivity index (χ1v) is 6.10. The summed E-state index contributed by atoms with van der Waals surface area (Å²) in [5, 5.41) is 13.2. The van der Waals surface area contributed by atoms with Crippen LogP contribution in [-0.4, -0.2) is 17.8 Å². The summed E-state index contributed by atoms with van der Waals surface area (Å²) in [6.07, 6.45) is 1.80. The van der Waals surface area contributed by atoms with Crippen molar-refractivity contribution >= 4 is 17.8 Å². The Hall–Kier alpha value is -0.650. The summed E-state index contributed by atoms with van der Waals surface area (Å²) in [5.74, 6) is -1.36. The van der Waals surface area contributed by atoms with Crippen LogP contribution in [0.15, 0.2) is 17.1 Å². The number of rotatable bonds is 5. The molecule has 0 bridgehead atoms. The first kappa shape index (κ1) is 18.4. The molecule has 2 atom stereocenters. The zero-order valence-corrected chi connectivity index (χ0v) is 14.1. The van der Waals surface area contributed by atoms with Crippen LogP contribution < -0.4 is 40.0 Å². The second-order valence-electron chi connectivity index (χ2n) is 4.97. The van der Waals surface area contributed by atoms with Crippen LogP contribution >= 0.6 is 0 Å². The summed E-state index contributed by atoms with van der Waals surface area (Å²) in [6.45, 7) is 9.35. The van der Waals surface area contributed by atoms with Crippen LogP contribution in [0.3, 0.4) is 0 Å². The molecule has 0 aromatic carbocycles. The standard InChI is InChI=1S/C13H20N2O3.Na/c1-5-6-9(4)13(7-8(2)3)10(16)14-12(18)15-11(13)17;/h9H,2,5-7H2,1,3-4H3,(H2,14,15,16,17,18);/q;+1/p-1. The predicted molar refractivity (Wildman–Crippen MR) is 66.5 cm³/mol. The molecule has 2 amide bonds. The van der Waals surface area contributed by atoms with E-state index in [1.807, 2.05) is 13.8 Å². The zero-order chi connectivity index (χ0) is 13.9. The number of nitrogens with one attached hydrogen (secondary N) is 1. The Balaban J connectivity index is 0.00000324. The van der Waals surface area contributed by atoms with Gasteiger partial charge in [0, 0.05) is 0 Å². The second-order valence-corrected chi connectivity index (χ2v) is 4.97. The minimum atomic E-state index is -1.27. The topological polar surface area (TPSA) is 81.6 Å². The van der Waals surface area contributed by atoms with Gasteiger partial charge in [-0.3, -0.25) is 9.59 Å². The summed E-state index contributed by atoms with van der Waals surface area (Å²) in [6, 6.07) is -0.869. The fourth-order valence-corrected chi connectivity index (χ4v) is 2.45. The van der Waals surface area contributed by atoms with Gasteiger partial charge in [0.1, 0.15) is 5.41 Å². The number of hydrogen-bond acceptors (Lipinski definition) is 3. The molecule has 1 heterocycles. The number of aliphatic imine (C=N–C) groups is 1. The average Bonchev–Trinajstić information content (AvgIpc) is 2.23. The molecule has 19 heavy (non-hydrogen) atoms. The smallest absolute Gasteiger partial charge is 0.846 e. The van der Waals surface area contributed by atoms with Crippen molar-refractivity contribution in [2.45, 2.75) is 40.0 Å². The van der Waals surface area contributed by atoms with E-state index in [0.717, 1.165) is 18.4 Å². The van der Waals surface area contributed by atoms with Crippen molar-refractivity contribution in [3.8, 4) is 0 Å². The Morgan fingerprint density at radius 1 is 1.53 bits per heavy atom. The molecule has 0 spiro atoms. The molecular weight excluding hydrogens is 255 g/mol. The molecule has 5 nitrogen and oxygen atoms in total. The van der Waals surface area contributed by atoms with Crippen LogP contribution in [0.2, 0.25) is 0 Å². The first-order valence-electron chi connectivity index (χ1n) is 6.10. The Kier molecular flexibility index (Phi) is 6.97. The van der Waals surface area contributed by atoms with Gasteiger partial charge in [-0.1, -0.05) is 25.8 Å². The summed E-state index contributed by atoms with van der Waals surface area (Å²) < 4.78 is 0. The van der Waals surface area contributed by atoms with E-state index < -0.39 is 23.3 Å². The first-order chi connectivity index (χ1) is 8.34. The number of carbonyl (C=O) groups excluding carboxylic acids is 2. The van der Waals surface area contributed by atoms with Gasteiger partial charge in [-0.05, 0) is 25.7 Å². The largest absolute Gasteiger partial charge is 1.00 e. The maximum absolute atomic E-state index is 12.1. The molecular formula is C13H19N2NaO3. The summed E-state index contributed by atoms with van der Waals surface area (Å²) >= 11 is 0. The van der Waals surface area contributed by atoms with E-state index in [2.05, 4.69) is 16.9 Å². The molecule has 1 N–H and O–H groups in total. The average molecular weight is 274 g/mol. The van der Waals surface area contributed by atoms with E-state index >= 15 is 0 Å². The molecule has 0 saturated heterocycles. The van der Waals surface area contributed by atoms with Crippen LogP contribution in [0.5, 0.6) is 0 Å². The molecule has 0 aliphatic carbocycles. The van der Waals surface area contributed by atoms with E-state index in [4.69, 9.17) is 0 Å². The molecule has 2 unspecified atom stereocenters. The molecule has 6 heteroatoms. The van der Waals surface area contributed by atoms with Gasteiger partial charge in [0.2, 0.25) is 5.91 Å². The number of allylic oxidation sites excluding steroid dienone is 1. The fourth-order valence-electron chi connectivity index (χ4n) is 2.45. The van der Waals surface area contributed by atoms with Crippen molar-refractivity contribution in [2.24, 2.45) is 16.3 Å². The van der Waals surface area contributed by atoms with E-state index in [1.165, 1.54) is 0 Å². The Morgan fingerprint density at radius 2 is 2.11 bits per heavy atom. The third-order valence-corrected chi connectivity index (χ3v) is 3.35. The maximum atomic E-state index is 12.1. The van der Waals surface area contributed by atoms with Crippen LogP contribution in [0.1, 0.15) is 40.0 Å². The van der Waals surface area contributed by atoms with Crippen LogP contribution in [-0.2, 0) is 9.59 Å². The molecule has 0 aromatic heterocycles. The van der Waals surface area contributed by atoms with Gasteiger partial charge >= 0.3 is 29.6 Å². The van der Waals surface area contributed by atoms with Crippen LogP contribution in [0.4, 0.5) is 0 Å². The molecule has 1 aliphatic heterocycles. The SMILES string of the molecule is C=C(C)CC1(C(C)CCC)C(=O)N=C([O-])NC1=O.[Na+]. The summed E-state index contributed by atoms with van der Waals surface area (Å²) in [5.41, 5.74) is -0.540. The minimum absolute atomic E-state index is 0. The van der Waals surface area contributed by atoms with Crippen molar-refractivity contribution in [1.29, 1.82) is 0 Å². The third-order valence-electron chi connectivity index (χ3n) is 3.35. The molecule has 1 aliphatic rings. The van der Waals surface area contributed by atoms with Crippen LogP contribution in [0, 0.1) is 11.3 Å². The summed E-state index contributed by atoms with van der Waals surface area (Å²) in [4.78, 5) is 27.6. The molecule has 0 radical (unpaired) electrons. The summed E-state index contributed by atoms with van der Waals surface area (Å²) in [7, 11) is 0. The maximum Gasteiger partial charge on any atom is 1.00 e. The number of amidine groups is 1. The monoisotopic (exact) mass is 274 g/mol. The van der Waals surface area contributed by atoms with Crippen molar-refractivity contribution in [2.75, 3.05) is 0 Å². The number of amides is 2. The van der Waals surface area contributed by atoms with Crippen LogP contribution in [0.25, 0.3) is 0 Å². The van der Waals surface area contributed by atoms with E-state index in [9.17, 15) is 14.7 Å². The Morgan fingerprint density at radius 3 is 2.53 bits per heavy atom. The third kappa shape index (κ3) is 3.68. The molecule has 0 aromatic rings. The van der Waals surface area contributed by atoms with Gasteiger partial charge < -0.3 is 10.4 Å². The zero-order valence-electron chi connectivity index (χ0n) is 12.1. The number of nitrogens with zero attached hydrogens (tertiary/aromatic N) is 1. The Labute approximate surface area is 135 Å². The molecule has 100 valence electrons. The number of carbonyl (C=O) groups is 2. The van der Waals surface area contributed by atoms with Gasteiger partial charge in [-0.2, -0.15) is 0 Å². The van der Waals surface area contributed by atoms with Crippen molar-refractivity contribution in [3.63, 3.8) is 0 Å². The normalized spacial score (nSPS) is 24.1. The van der Waals surface area contributed by atoms with Gasteiger partial charge in [0.15, 0.2) is 0 Å². The van der Waals surface area contributed by atoms with Gasteiger partial charge in [0.05, 0.1) is 6.02 Å². The van der Waals surface area contributed by atoms with Crippen molar-refractivity contribution in [3.05, 3.63) is 12.2 Å². The van der Waals surface area contributed by atoms with E-state index in [1.54, 1.807) is 6.92 Å². The minimum Gasteiger partial charge on any atom is -0.846 e. The van der Waals surface area contributed by atoms with Gasteiger partial charge in [-0.15, -0.1) is 6.58 Å². The molecule has 1 rings (SSSR count). The molecule has 0 saturated carbocycles. The van der Waals surface area contributed by atoms with Gasteiger partial charge in [0.25, 0.3) is 5.91 Å². The van der Waals surface area contributed by atoms with Crippen molar-refractivity contribution < 1.29 is 44.3 Å². The van der Waals surface area contributed by atoms with Gasteiger partial charge in [-0.25, -0.2) is 4.99 Å². The molecule has 0 fully saturated rings. The van der Waals surface area contributed by atoms with Crippen molar-refractivity contribution in [1.82, 2.24) is 5.32 Å². The van der Waals surface area contributed by atoms with E-state index in [-0.39, 0.29) is 41.9 Å². The Bertz CT molecular complexity index is 420. The second kappa shape index (κ2) is 7.22.